The largest absolute Gasteiger partial charge is 0.325 e. The summed E-state index contributed by atoms with van der Waals surface area (Å²) < 4.78 is 0. The summed E-state index contributed by atoms with van der Waals surface area (Å²) >= 11 is 6.10. The van der Waals surface area contributed by atoms with Gasteiger partial charge in [0.2, 0.25) is 11.8 Å². The van der Waals surface area contributed by atoms with Crippen LogP contribution in [-0.2, 0) is 9.59 Å². The molecule has 1 aliphatic rings. The number of anilines is 2. The van der Waals surface area contributed by atoms with E-state index in [0.717, 1.165) is 16.5 Å². The fraction of sp³-hybridized carbons (Fsp3) is 0.211. The summed E-state index contributed by atoms with van der Waals surface area (Å²) in [6.45, 7) is 2.15. The Kier molecular flexibility index (Phi) is 4.12. The molecule has 1 fully saturated rings. The molecule has 1 atom stereocenters. The first-order chi connectivity index (χ1) is 12.5. The number of carbonyl (C=O) groups excluding carboxylic acids is 2. The summed E-state index contributed by atoms with van der Waals surface area (Å²) in [5.41, 5.74) is 2.33. The van der Waals surface area contributed by atoms with E-state index in [1.807, 2.05) is 31.2 Å². The molecule has 2 N–H and O–H groups in total. The summed E-state index contributed by atoms with van der Waals surface area (Å²) in [6, 6.07) is 13.0. The molecule has 132 valence electrons. The number of nitrogens with one attached hydrogen (secondary N) is 2. The van der Waals surface area contributed by atoms with Crippen LogP contribution in [-0.4, -0.2) is 28.6 Å². The van der Waals surface area contributed by atoms with E-state index in [1.165, 1.54) is 0 Å². The molecule has 7 heteroatoms. The van der Waals surface area contributed by atoms with E-state index in [0.29, 0.717) is 23.1 Å². The Hall–Kier alpha value is -2.86. The maximum atomic E-state index is 12.6. The molecule has 2 aromatic carbocycles. The van der Waals surface area contributed by atoms with Crippen LogP contribution in [0, 0.1) is 12.8 Å². The fourth-order valence-electron chi connectivity index (χ4n) is 3.22. The Labute approximate surface area is 155 Å². The molecule has 3 aromatic rings. The number of aromatic amines is 1. The number of hydrogen-bond acceptors (Lipinski definition) is 3. The van der Waals surface area contributed by atoms with E-state index in [-0.39, 0.29) is 18.2 Å². The van der Waals surface area contributed by atoms with Gasteiger partial charge in [0.15, 0.2) is 5.82 Å². The first kappa shape index (κ1) is 16.6. The van der Waals surface area contributed by atoms with Gasteiger partial charge in [-0.3, -0.25) is 19.6 Å². The number of hydrogen-bond donors (Lipinski definition) is 2. The maximum absolute atomic E-state index is 12.6. The van der Waals surface area contributed by atoms with Gasteiger partial charge in [0.1, 0.15) is 0 Å². The van der Waals surface area contributed by atoms with Crippen LogP contribution in [0.5, 0.6) is 0 Å². The highest BCUT2D eigenvalue weighted by Gasteiger charge is 2.37. The number of carbonyl (C=O) groups is 2. The predicted molar refractivity (Wildman–Crippen MR) is 101 cm³/mol. The normalized spacial score (nSPS) is 17.1. The highest BCUT2D eigenvalue weighted by molar-refractivity contribution is 6.31. The Morgan fingerprint density at radius 3 is 2.92 bits per heavy atom. The minimum Gasteiger partial charge on any atom is -0.325 e. The maximum Gasteiger partial charge on any atom is 0.229 e. The molecular weight excluding hydrogens is 352 g/mol. The van der Waals surface area contributed by atoms with Crippen LogP contribution < -0.4 is 10.2 Å². The van der Waals surface area contributed by atoms with Crippen LogP contribution in [0.1, 0.15) is 12.0 Å². The first-order valence-corrected chi connectivity index (χ1v) is 8.72. The van der Waals surface area contributed by atoms with Gasteiger partial charge in [0.25, 0.3) is 0 Å². The summed E-state index contributed by atoms with van der Waals surface area (Å²) in [4.78, 5) is 26.7. The van der Waals surface area contributed by atoms with E-state index in [4.69, 9.17) is 11.6 Å². The van der Waals surface area contributed by atoms with Crippen molar-refractivity contribution in [2.45, 2.75) is 13.3 Å². The minimum atomic E-state index is -0.434. The molecule has 26 heavy (non-hydrogen) atoms. The number of fused-ring (bicyclic) bond motifs is 1. The van der Waals surface area contributed by atoms with Crippen LogP contribution in [0.25, 0.3) is 10.9 Å². The molecule has 1 aromatic heterocycles. The van der Waals surface area contributed by atoms with Crippen molar-refractivity contribution in [2.24, 2.45) is 5.92 Å². The molecule has 0 unspecified atom stereocenters. The number of rotatable bonds is 3. The summed E-state index contributed by atoms with van der Waals surface area (Å²) in [5, 5.41) is 11.5. The Morgan fingerprint density at radius 2 is 2.08 bits per heavy atom. The van der Waals surface area contributed by atoms with Gasteiger partial charge in [-0.1, -0.05) is 29.8 Å². The van der Waals surface area contributed by atoms with Crippen molar-refractivity contribution in [3.8, 4) is 0 Å². The average Bonchev–Trinajstić information content (AvgIpc) is 3.22. The first-order valence-electron chi connectivity index (χ1n) is 8.34. The third kappa shape index (κ3) is 2.82. The van der Waals surface area contributed by atoms with E-state index < -0.39 is 5.92 Å². The summed E-state index contributed by atoms with van der Waals surface area (Å²) in [6.07, 6.45) is 0.159. The minimum absolute atomic E-state index is 0.106. The fourth-order valence-corrected chi connectivity index (χ4v) is 3.39. The second-order valence-corrected chi connectivity index (χ2v) is 6.81. The van der Waals surface area contributed by atoms with Crippen LogP contribution in [0.3, 0.4) is 0 Å². The highest BCUT2D eigenvalue weighted by Crippen LogP contribution is 2.30. The van der Waals surface area contributed by atoms with E-state index in [2.05, 4.69) is 15.5 Å². The third-order valence-corrected chi connectivity index (χ3v) is 5.14. The van der Waals surface area contributed by atoms with E-state index in [9.17, 15) is 9.59 Å². The van der Waals surface area contributed by atoms with Gasteiger partial charge in [0.05, 0.1) is 11.4 Å². The number of benzene rings is 2. The quantitative estimate of drug-likeness (QED) is 0.742. The second-order valence-electron chi connectivity index (χ2n) is 6.40. The lowest BCUT2D eigenvalue weighted by Crippen LogP contribution is -2.28. The number of aromatic nitrogens is 2. The standard InChI is InChI=1S/C19H17ClN4O2/c1-11-14(20)6-4-8-15(11)21-19(26)12-9-17(25)24(10-12)18-13-5-2-3-7-16(13)22-23-18/h2-8,12H,9-10H2,1H3,(H,21,26)(H,22,23)/t12-/m1/s1. The Balaban J connectivity index is 1.54. The van der Waals surface area contributed by atoms with Crippen LogP contribution >= 0.6 is 11.6 Å². The van der Waals surface area contributed by atoms with Gasteiger partial charge in [-0.15, -0.1) is 0 Å². The van der Waals surface area contributed by atoms with Gasteiger partial charge in [-0.2, -0.15) is 5.10 Å². The number of amides is 2. The lowest BCUT2D eigenvalue weighted by Gasteiger charge is -2.15. The van der Waals surface area contributed by atoms with Crippen molar-refractivity contribution in [1.82, 2.24) is 10.2 Å². The highest BCUT2D eigenvalue weighted by atomic mass is 35.5. The Morgan fingerprint density at radius 1 is 1.27 bits per heavy atom. The molecule has 0 radical (unpaired) electrons. The van der Waals surface area contributed by atoms with Crippen molar-refractivity contribution in [2.75, 3.05) is 16.8 Å². The Bertz CT molecular complexity index is 1010. The third-order valence-electron chi connectivity index (χ3n) is 4.73. The molecule has 2 heterocycles. The zero-order valence-electron chi connectivity index (χ0n) is 14.1. The molecule has 6 nitrogen and oxygen atoms in total. The van der Waals surface area contributed by atoms with Crippen LogP contribution in [0.15, 0.2) is 42.5 Å². The van der Waals surface area contributed by atoms with Crippen LogP contribution in [0.4, 0.5) is 11.5 Å². The number of halogens is 1. The monoisotopic (exact) mass is 368 g/mol. The summed E-state index contributed by atoms with van der Waals surface area (Å²) in [5.74, 6) is -0.160. The van der Waals surface area contributed by atoms with Crippen molar-refractivity contribution < 1.29 is 9.59 Å². The lowest BCUT2D eigenvalue weighted by molar-refractivity contribution is -0.122. The molecule has 2 amide bonds. The smallest absolute Gasteiger partial charge is 0.229 e. The average molecular weight is 369 g/mol. The molecule has 0 aliphatic carbocycles. The molecule has 1 saturated heterocycles. The molecular formula is C19H17ClN4O2. The van der Waals surface area contributed by atoms with Crippen molar-refractivity contribution in [3.05, 3.63) is 53.1 Å². The van der Waals surface area contributed by atoms with Crippen molar-refractivity contribution >= 4 is 45.8 Å². The van der Waals surface area contributed by atoms with Crippen LogP contribution in [0.2, 0.25) is 5.02 Å². The molecule has 0 bridgehead atoms. The topological polar surface area (TPSA) is 78.1 Å². The van der Waals surface area contributed by atoms with E-state index in [1.54, 1.807) is 23.1 Å². The van der Waals surface area contributed by atoms with E-state index >= 15 is 0 Å². The number of para-hydroxylation sites is 1. The van der Waals surface area contributed by atoms with Crippen molar-refractivity contribution in [3.63, 3.8) is 0 Å². The number of H-pyrrole nitrogens is 1. The van der Waals surface area contributed by atoms with Crippen molar-refractivity contribution in [1.29, 1.82) is 0 Å². The molecule has 0 spiro atoms. The molecule has 0 saturated carbocycles. The molecule has 1 aliphatic heterocycles. The SMILES string of the molecule is Cc1c(Cl)cccc1NC(=O)[C@@H]1CC(=O)N(c2n[nH]c3ccccc23)C1. The van der Waals surface area contributed by atoms with Gasteiger partial charge in [0, 0.05) is 29.1 Å². The second kappa shape index (κ2) is 6.46. The zero-order chi connectivity index (χ0) is 18.3. The molecule has 4 rings (SSSR count). The lowest BCUT2D eigenvalue weighted by atomic mass is 10.1. The predicted octanol–water partition coefficient (Wildman–Crippen LogP) is 3.52. The van der Waals surface area contributed by atoms with Gasteiger partial charge < -0.3 is 5.32 Å². The summed E-state index contributed by atoms with van der Waals surface area (Å²) in [7, 11) is 0. The van der Waals surface area contributed by atoms with Gasteiger partial charge in [-0.25, -0.2) is 0 Å². The number of nitrogens with zero attached hydrogens (tertiary/aromatic N) is 2. The zero-order valence-corrected chi connectivity index (χ0v) is 14.9. The van der Waals surface area contributed by atoms with Gasteiger partial charge >= 0.3 is 0 Å². The van der Waals surface area contributed by atoms with Gasteiger partial charge in [-0.05, 0) is 36.8 Å².